The van der Waals surface area contributed by atoms with Crippen molar-refractivity contribution in [3.63, 3.8) is 0 Å². The van der Waals surface area contributed by atoms with Crippen molar-refractivity contribution < 1.29 is 22.7 Å². The Bertz CT molecular complexity index is 1340. The Hall–Kier alpha value is -3.27. The number of fused-ring (bicyclic) bond motifs is 6. The number of nitrogens with zero attached hydrogens (tertiary/aromatic N) is 3. The highest BCUT2D eigenvalue weighted by Crippen LogP contribution is 2.55. The molecule has 3 heterocycles. The number of rotatable bonds is 3. The monoisotopic (exact) mass is 468 g/mol. The summed E-state index contributed by atoms with van der Waals surface area (Å²) in [7, 11) is -4.10. The van der Waals surface area contributed by atoms with E-state index in [9.17, 15) is 22.7 Å². The van der Waals surface area contributed by atoms with Crippen molar-refractivity contribution in [3.8, 4) is 0 Å². The zero-order valence-corrected chi connectivity index (χ0v) is 18.3. The summed E-state index contributed by atoms with van der Waals surface area (Å²) >= 11 is 0. The van der Waals surface area contributed by atoms with Crippen LogP contribution in [-0.4, -0.2) is 41.2 Å². The van der Waals surface area contributed by atoms with Gasteiger partial charge < -0.3 is 15.3 Å². The lowest BCUT2D eigenvalue weighted by Crippen LogP contribution is -2.53. The first-order valence-electron chi connectivity index (χ1n) is 10.9. The summed E-state index contributed by atoms with van der Waals surface area (Å²) in [4.78, 5) is 19.2. The van der Waals surface area contributed by atoms with Crippen LogP contribution < -0.4 is 5.32 Å². The van der Waals surface area contributed by atoms with Crippen molar-refractivity contribution in [2.24, 2.45) is 22.2 Å². The van der Waals surface area contributed by atoms with Crippen molar-refractivity contribution in [1.29, 1.82) is 0 Å². The molecule has 10 heteroatoms. The number of anilines is 1. The van der Waals surface area contributed by atoms with Gasteiger partial charge in [0.2, 0.25) is 0 Å². The maximum absolute atomic E-state index is 13.8. The van der Waals surface area contributed by atoms with Gasteiger partial charge in [-0.05, 0) is 54.9 Å². The predicted octanol–water partition coefficient (Wildman–Crippen LogP) is 3.00. The number of amides is 1. The van der Waals surface area contributed by atoms with E-state index in [-0.39, 0.29) is 63.9 Å². The Kier molecular flexibility index (Phi) is 4.39. The molecule has 2 saturated carbocycles. The van der Waals surface area contributed by atoms with Gasteiger partial charge in [0.25, 0.3) is 15.9 Å². The number of sulfonamides is 1. The molecule has 1 aromatic heterocycles. The number of hydrogen-bond acceptors (Lipinski definition) is 6. The molecule has 1 amide bonds. The van der Waals surface area contributed by atoms with E-state index in [2.05, 4.69) is 14.7 Å². The van der Waals surface area contributed by atoms with Crippen molar-refractivity contribution in [2.45, 2.75) is 36.7 Å². The quantitative estimate of drug-likeness (QED) is 0.716. The smallest absolute Gasteiger partial charge is 0.287 e. The molecule has 8 nitrogen and oxygen atoms in total. The second kappa shape index (κ2) is 7.11. The number of nitrogens with one attached hydrogen (secondary N) is 1. The Labute approximate surface area is 189 Å². The molecule has 2 bridgehead atoms. The van der Waals surface area contributed by atoms with Crippen LogP contribution in [0.3, 0.4) is 0 Å². The van der Waals surface area contributed by atoms with Gasteiger partial charge in [-0.1, -0.05) is 12.1 Å². The molecule has 33 heavy (non-hydrogen) atoms. The third-order valence-corrected chi connectivity index (χ3v) is 8.61. The third kappa shape index (κ3) is 3.07. The van der Waals surface area contributed by atoms with Crippen molar-refractivity contribution in [1.82, 2.24) is 9.88 Å². The largest absolute Gasteiger partial charge is 0.511 e. The number of aliphatic hydroxyl groups excluding tert-OH is 1. The van der Waals surface area contributed by atoms with Crippen LogP contribution in [-0.2, 0) is 21.4 Å². The Morgan fingerprint density at radius 1 is 1.15 bits per heavy atom. The minimum absolute atomic E-state index is 0.0851. The molecule has 2 aromatic rings. The van der Waals surface area contributed by atoms with E-state index in [1.54, 1.807) is 17.0 Å². The minimum atomic E-state index is -4.10. The highest BCUT2D eigenvalue weighted by molar-refractivity contribution is 7.90. The van der Waals surface area contributed by atoms with Crippen molar-refractivity contribution in [2.75, 3.05) is 5.32 Å². The van der Waals surface area contributed by atoms with E-state index in [1.165, 1.54) is 30.6 Å². The zero-order valence-electron chi connectivity index (χ0n) is 17.5. The standard InChI is InChI=1S/C23H21FN4O4S/c24-15-5-1-12(2-6-15)11-28-20-14-4-3-13(9-14)18(20)21(29)19(23(28)30)22-26-16-7-8-25-10-17(16)33(31,32)27-22/h1-2,5-8,10,13-14,18,20,29H,3-4,9,11H2,(H,26,27)/t13-,14-,18+,20-/m0/s1. The first-order valence-corrected chi connectivity index (χ1v) is 12.3. The number of amidine groups is 1. The lowest BCUT2D eigenvalue weighted by molar-refractivity contribution is -0.134. The third-order valence-electron chi connectivity index (χ3n) is 7.31. The molecule has 6 rings (SSSR count). The first kappa shape index (κ1) is 20.3. The molecule has 4 atom stereocenters. The van der Waals surface area contributed by atoms with E-state index in [1.807, 2.05) is 0 Å². The SMILES string of the molecule is O=C1C(C2=NS(=O)(=O)c3cnccc3N2)=C(O)[C@@H]2[C@H]3CC[C@@H](C3)[C@@H]2N1Cc1ccc(F)cc1. The highest BCUT2D eigenvalue weighted by atomic mass is 32.2. The van der Waals surface area contributed by atoms with E-state index in [4.69, 9.17) is 0 Å². The van der Waals surface area contributed by atoms with Crippen molar-refractivity contribution in [3.05, 3.63) is 65.4 Å². The van der Waals surface area contributed by atoms with Crippen LogP contribution >= 0.6 is 0 Å². The van der Waals surface area contributed by atoms with Crippen LogP contribution in [0.25, 0.3) is 0 Å². The van der Waals surface area contributed by atoms with Crippen LogP contribution in [0.2, 0.25) is 0 Å². The highest BCUT2D eigenvalue weighted by Gasteiger charge is 2.57. The molecule has 0 unspecified atom stereocenters. The van der Waals surface area contributed by atoms with Gasteiger partial charge in [-0.3, -0.25) is 9.78 Å². The Balaban J connectivity index is 1.45. The predicted molar refractivity (Wildman–Crippen MR) is 117 cm³/mol. The number of pyridine rings is 1. The number of carbonyl (C=O) groups is 1. The van der Waals surface area contributed by atoms with E-state index in [0.29, 0.717) is 0 Å². The van der Waals surface area contributed by atoms with Gasteiger partial charge in [0, 0.05) is 30.9 Å². The fourth-order valence-corrected chi connectivity index (χ4v) is 7.02. The number of aromatic nitrogens is 1. The van der Waals surface area contributed by atoms with Crippen LogP contribution in [0.4, 0.5) is 10.1 Å². The number of benzene rings is 1. The summed E-state index contributed by atoms with van der Waals surface area (Å²) in [6.45, 7) is 0.237. The topological polar surface area (TPSA) is 112 Å². The maximum Gasteiger partial charge on any atom is 0.287 e. The summed E-state index contributed by atoms with van der Waals surface area (Å²) in [6, 6.07) is 7.27. The first-order chi connectivity index (χ1) is 15.8. The summed E-state index contributed by atoms with van der Waals surface area (Å²) in [5.41, 5.74) is 0.898. The average molecular weight is 469 g/mol. The van der Waals surface area contributed by atoms with Crippen molar-refractivity contribution >= 4 is 27.5 Å². The lowest BCUT2D eigenvalue weighted by atomic mass is 9.77. The van der Waals surface area contributed by atoms with Gasteiger partial charge in [0.1, 0.15) is 22.0 Å². The molecule has 2 aliphatic carbocycles. The molecule has 4 aliphatic rings. The van der Waals surface area contributed by atoms with Gasteiger partial charge in [0.15, 0.2) is 5.84 Å². The Morgan fingerprint density at radius 2 is 1.91 bits per heavy atom. The number of aliphatic hydroxyl groups is 1. The fourth-order valence-electron chi connectivity index (χ4n) is 5.95. The van der Waals surface area contributed by atoms with Crippen LogP contribution in [0.5, 0.6) is 0 Å². The summed E-state index contributed by atoms with van der Waals surface area (Å²) in [5.74, 6) is -0.902. The molecule has 2 N–H and O–H groups in total. The average Bonchev–Trinajstić information content (AvgIpc) is 3.40. The molecule has 0 saturated heterocycles. The number of hydrogen-bond donors (Lipinski definition) is 2. The van der Waals surface area contributed by atoms with Crippen LogP contribution in [0.15, 0.2) is 63.4 Å². The van der Waals surface area contributed by atoms with E-state index in [0.717, 1.165) is 24.8 Å². The van der Waals surface area contributed by atoms with Gasteiger partial charge >= 0.3 is 0 Å². The lowest BCUT2D eigenvalue weighted by Gasteiger charge is -2.44. The molecular weight excluding hydrogens is 447 g/mol. The second-order valence-corrected chi connectivity index (χ2v) is 10.7. The van der Waals surface area contributed by atoms with Gasteiger partial charge in [-0.15, -0.1) is 4.40 Å². The molecule has 2 fully saturated rings. The molecule has 1 aromatic carbocycles. The van der Waals surface area contributed by atoms with Gasteiger partial charge in [-0.2, -0.15) is 8.42 Å². The summed E-state index contributed by atoms with van der Waals surface area (Å²) < 4.78 is 42.8. The molecule has 170 valence electrons. The molecular formula is C23H21FN4O4S. The number of carbonyl (C=O) groups excluding carboxylic acids is 1. The van der Waals surface area contributed by atoms with Gasteiger partial charge in [0.05, 0.1) is 5.69 Å². The van der Waals surface area contributed by atoms with Gasteiger partial charge in [-0.25, -0.2) is 4.39 Å². The van der Waals surface area contributed by atoms with Crippen LogP contribution in [0.1, 0.15) is 24.8 Å². The molecule has 2 aliphatic heterocycles. The second-order valence-electron chi connectivity index (χ2n) is 9.08. The molecule has 0 radical (unpaired) electrons. The number of halogens is 1. The molecule has 0 spiro atoms. The normalized spacial score (nSPS) is 29.4. The zero-order chi connectivity index (χ0) is 22.9. The fraction of sp³-hybridized carbons (Fsp3) is 0.348. The minimum Gasteiger partial charge on any atom is -0.511 e. The van der Waals surface area contributed by atoms with E-state index >= 15 is 0 Å². The summed E-state index contributed by atoms with van der Waals surface area (Å²) in [5, 5.41) is 14.2. The summed E-state index contributed by atoms with van der Waals surface area (Å²) in [6.07, 6.45) is 5.48. The van der Waals surface area contributed by atoms with Crippen LogP contribution in [0, 0.1) is 23.6 Å². The maximum atomic E-state index is 13.8. The van der Waals surface area contributed by atoms with E-state index < -0.39 is 15.9 Å². The Morgan fingerprint density at radius 3 is 2.70 bits per heavy atom.